The molecule has 3 aromatic rings. The lowest BCUT2D eigenvalue weighted by Crippen LogP contribution is -2.36. The molecule has 7 heteroatoms. The number of amides is 2. The number of anilines is 2. The maximum atomic E-state index is 12.4. The number of aryl methyl sites for hydroxylation is 1. The van der Waals surface area contributed by atoms with Crippen LogP contribution in [-0.2, 0) is 6.42 Å². The van der Waals surface area contributed by atoms with Crippen LogP contribution in [0.4, 0.5) is 16.4 Å². The van der Waals surface area contributed by atoms with Crippen LogP contribution >= 0.6 is 0 Å². The number of nitrogens with zero attached hydrogens (tertiary/aromatic N) is 4. The van der Waals surface area contributed by atoms with Gasteiger partial charge in [0.1, 0.15) is 17.2 Å². The molecule has 1 atom stereocenters. The molecule has 30 heavy (non-hydrogen) atoms. The average Bonchev–Trinajstić information content (AvgIpc) is 3.29. The number of fused-ring (bicyclic) bond motifs is 1. The van der Waals surface area contributed by atoms with Gasteiger partial charge in [-0.3, -0.25) is 5.32 Å². The first-order chi connectivity index (χ1) is 14.7. The van der Waals surface area contributed by atoms with Crippen molar-refractivity contribution in [1.29, 1.82) is 0 Å². The van der Waals surface area contributed by atoms with Crippen molar-refractivity contribution in [2.45, 2.75) is 45.1 Å². The highest BCUT2D eigenvalue weighted by molar-refractivity contribution is 5.89. The lowest BCUT2D eigenvalue weighted by atomic mass is 10.1. The van der Waals surface area contributed by atoms with Gasteiger partial charge in [-0.05, 0) is 56.7 Å². The van der Waals surface area contributed by atoms with Crippen molar-refractivity contribution >= 4 is 28.8 Å². The van der Waals surface area contributed by atoms with E-state index in [0.29, 0.717) is 11.5 Å². The van der Waals surface area contributed by atoms with Gasteiger partial charge in [0.25, 0.3) is 0 Å². The zero-order valence-corrected chi connectivity index (χ0v) is 17.3. The van der Waals surface area contributed by atoms with Crippen molar-refractivity contribution in [2.75, 3.05) is 23.3 Å². The molecule has 2 N–H and O–H groups in total. The highest BCUT2D eigenvalue weighted by atomic mass is 16.2. The van der Waals surface area contributed by atoms with Gasteiger partial charge >= 0.3 is 6.03 Å². The van der Waals surface area contributed by atoms with Crippen LogP contribution in [0.15, 0.2) is 48.7 Å². The van der Waals surface area contributed by atoms with E-state index < -0.39 is 0 Å². The third-order valence-corrected chi connectivity index (χ3v) is 5.39. The number of pyridine rings is 1. The van der Waals surface area contributed by atoms with Crippen LogP contribution in [0.2, 0.25) is 0 Å². The predicted molar refractivity (Wildman–Crippen MR) is 120 cm³/mol. The maximum Gasteiger partial charge on any atom is 0.320 e. The number of hydrogen-bond donors (Lipinski definition) is 2. The summed E-state index contributed by atoms with van der Waals surface area (Å²) in [5, 5.41) is 5.80. The fourth-order valence-electron chi connectivity index (χ4n) is 3.76. The molecule has 4 rings (SSSR count). The lowest BCUT2D eigenvalue weighted by molar-refractivity contribution is 0.248. The minimum atomic E-state index is -0.252. The van der Waals surface area contributed by atoms with Gasteiger partial charge in [-0.2, -0.15) is 0 Å². The zero-order valence-electron chi connectivity index (χ0n) is 17.3. The number of urea groups is 1. The van der Waals surface area contributed by atoms with Gasteiger partial charge in [-0.1, -0.05) is 30.3 Å². The largest absolute Gasteiger partial charge is 0.355 e. The summed E-state index contributed by atoms with van der Waals surface area (Å²) < 4.78 is 0. The van der Waals surface area contributed by atoms with Crippen molar-refractivity contribution in [3.63, 3.8) is 0 Å². The molecule has 0 aliphatic carbocycles. The summed E-state index contributed by atoms with van der Waals surface area (Å²) >= 11 is 0. The monoisotopic (exact) mass is 404 g/mol. The third kappa shape index (κ3) is 5.23. The Bertz CT molecular complexity index is 987. The van der Waals surface area contributed by atoms with Crippen LogP contribution in [0.3, 0.4) is 0 Å². The van der Waals surface area contributed by atoms with Crippen LogP contribution in [0.5, 0.6) is 0 Å². The Morgan fingerprint density at radius 1 is 1.10 bits per heavy atom. The van der Waals surface area contributed by atoms with Gasteiger partial charge < -0.3 is 10.2 Å². The third-order valence-electron chi connectivity index (χ3n) is 5.39. The highest BCUT2D eigenvalue weighted by Gasteiger charge is 2.15. The normalized spacial score (nSPS) is 14.6. The van der Waals surface area contributed by atoms with Crippen molar-refractivity contribution < 1.29 is 4.79 Å². The number of rotatable bonds is 7. The number of carbonyl (C=O) groups excluding carboxylic acids is 1. The molecule has 156 valence electrons. The summed E-state index contributed by atoms with van der Waals surface area (Å²) in [6.45, 7) is 4.03. The van der Waals surface area contributed by atoms with Crippen molar-refractivity contribution in [1.82, 2.24) is 20.3 Å². The minimum absolute atomic E-state index is 0.0794. The van der Waals surface area contributed by atoms with E-state index in [4.69, 9.17) is 0 Å². The molecule has 1 saturated heterocycles. The van der Waals surface area contributed by atoms with Crippen molar-refractivity contribution in [2.24, 2.45) is 0 Å². The first-order valence-electron chi connectivity index (χ1n) is 10.7. The summed E-state index contributed by atoms with van der Waals surface area (Å²) in [7, 11) is 0. The summed E-state index contributed by atoms with van der Waals surface area (Å²) in [5.74, 6) is 1.32. The molecule has 1 aromatic carbocycles. The highest BCUT2D eigenvalue weighted by Crippen LogP contribution is 2.20. The van der Waals surface area contributed by atoms with E-state index >= 15 is 0 Å². The molecule has 7 nitrogen and oxygen atoms in total. The fourth-order valence-corrected chi connectivity index (χ4v) is 3.76. The number of carbonyl (C=O) groups is 1. The van der Waals surface area contributed by atoms with Gasteiger partial charge in [0.15, 0.2) is 5.65 Å². The lowest BCUT2D eigenvalue weighted by Gasteiger charge is -2.16. The molecule has 1 aliphatic rings. The molecule has 0 unspecified atom stereocenters. The zero-order chi connectivity index (χ0) is 20.8. The van der Waals surface area contributed by atoms with Crippen LogP contribution < -0.4 is 15.5 Å². The molecular weight excluding hydrogens is 376 g/mol. The molecule has 0 spiro atoms. The van der Waals surface area contributed by atoms with Crippen LogP contribution in [0, 0.1) is 0 Å². The van der Waals surface area contributed by atoms with E-state index in [-0.39, 0.29) is 12.1 Å². The van der Waals surface area contributed by atoms with E-state index in [1.807, 2.05) is 19.1 Å². The topological polar surface area (TPSA) is 83.0 Å². The van der Waals surface area contributed by atoms with E-state index in [9.17, 15) is 4.79 Å². The second-order valence-electron chi connectivity index (χ2n) is 7.84. The number of benzene rings is 1. The molecule has 1 aliphatic heterocycles. The smallest absolute Gasteiger partial charge is 0.320 e. The summed E-state index contributed by atoms with van der Waals surface area (Å²) in [4.78, 5) is 28.2. The van der Waals surface area contributed by atoms with E-state index in [1.54, 1.807) is 12.3 Å². The van der Waals surface area contributed by atoms with Crippen LogP contribution in [0.25, 0.3) is 11.2 Å². The fraction of sp³-hybridized carbons (Fsp3) is 0.391. The quantitative estimate of drug-likeness (QED) is 0.618. The summed E-state index contributed by atoms with van der Waals surface area (Å²) in [6.07, 6.45) is 7.11. The second kappa shape index (κ2) is 9.52. The van der Waals surface area contributed by atoms with Crippen molar-refractivity contribution in [3.8, 4) is 0 Å². The standard InChI is InChI=1S/C23H28N6O/c1-17(8-7-11-18-9-3-2-4-10-18)25-23(30)27-20-13-12-19-22(26-20)28-21(16-24-19)29-14-5-6-15-29/h2-4,9-10,12-13,16-17H,5-8,11,14-15H2,1H3,(H2,25,26,27,28,30)/t17-/m1/s1. The molecule has 0 saturated carbocycles. The first kappa shape index (κ1) is 20.1. The number of aromatic nitrogens is 3. The Morgan fingerprint density at radius 3 is 2.70 bits per heavy atom. The predicted octanol–water partition coefficient (Wildman–Crippen LogP) is 4.16. The van der Waals surface area contributed by atoms with Crippen molar-refractivity contribution in [3.05, 3.63) is 54.2 Å². The molecule has 1 fully saturated rings. The number of hydrogen-bond acceptors (Lipinski definition) is 5. The Morgan fingerprint density at radius 2 is 1.90 bits per heavy atom. The Hall–Kier alpha value is -3.22. The molecule has 0 bridgehead atoms. The summed E-state index contributed by atoms with van der Waals surface area (Å²) in [5.41, 5.74) is 2.59. The van der Waals surface area contributed by atoms with E-state index in [1.165, 1.54) is 18.4 Å². The molecule has 2 amide bonds. The van der Waals surface area contributed by atoms with Gasteiger partial charge in [0.05, 0.1) is 6.20 Å². The second-order valence-corrected chi connectivity index (χ2v) is 7.84. The molecule has 3 heterocycles. The Kier molecular flexibility index (Phi) is 6.37. The van der Waals surface area contributed by atoms with Crippen LogP contribution in [0.1, 0.15) is 38.2 Å². The minimum Gasteiger partial charge on any atom is -0.355 e. The van der Waals surface area contributed by atoms with Crippen LogP contribution in [-0.4, -0.2) is 40.1 Å². The van der Waals surface area contributed by atoms with Gasteiger partial charge in [0.2, 0.25) is 0 Å². The molecular formula is C23H28N6O. The first-order valence-corrected chi connectivity index (χ1v) is 10.7. The Labute approximate surface area is 176 Å². The average molecular weight is 405 g/mol. The molecule has 2 aromatic heterocycles. The SMILES string of the molecule is C[C@H](CCCc1ccccc1)NC(=O)Nc1ccc2ncc(N3CCCC3)nc2n1. The van der Waals surface area contributed by atoms with Gasteiger partial charge in [0, 0.05) is 19.1 Å². The molecule has 0 radical (unpaired) electrons. The van der Waals surface area contributed by atoms with E-state index in [0.717, 1.165) is 43.7 Å². The Balaban J connectivity index is 1.30. The van der Waals surface area contributed by atoms with Gasteiger partial charge in [-0.15, -0.1) is 0 Å². The van der Waals surface area contributed by atoms with E-state index in [2.05, 4.69) is 54.8 Å². The van der Waals surface area contributed by atoms with Gasteiger partial charge in [-0.25, -0.2) is 19.7 Å². The maximum absolute atomic E-state index is 12.4. The number of nitrogens with one attached hydrogen (secondary N) is 2. The summed E-state index contributed by atoms with van der Waals surface area (Å²) in [6, 6.07) is 13.8.